The van der Waals surface area contributed by atoms with Crippen molar-refractivity contribution in [2.24, 2.45) is 7.05 Å². The Kier molecular flexibility index (Phi) is 2.92. The lowest BCUT2D eigenvalue weighted by molar-refractivity contribution is 0.591. The molecular formula is C14H15N5. The number of pyridine rings is 1. The molecule has 0 spiro atoms. The van der Waals surface area contributed by atoms with E-state index in [1.807, 2.05) is 11.7 Å². The Hall–Kier alpha value is -2.35. The molecule has 2 aromatic heterocycles. The summed E-state index contributed by atoms with van der Waals surface area (Å²) in [5, 5.41) is 17.0. The van der Waals surface area contributed by atoms with E-state index in [1.165, 1.54) is 5.56 Å². The highest BCUT2D eigenvalue weighted by Crippen LogP contribution is 2.31. The van der Waals surface area contributed by atoms with Crippen molar-refractivity contribution in [3.63, 3.8) is 0 Å². The lowest BCUT2D eigenvalue weighted by Crippen LogP contribution is -2.17. The van der Waals surface area contributed by atoms with Gasteiger partial charge in [0.05, 0.1) is 17.3 Å². The number of fused-ring (bicyclic) bond motifs is 1. The van der Waals surface area contributed by atoms with Gasteiger partial charge in [-0.1, -0.05) is 0 Å². The summed E-state index contributed by atoms with van der Waals surface area (Å²) >= 11 is 0. The minimum atomic E-state index is 0.194. The Balaban J connectivity index is 1.91. The first-order valence-corrected chi connectivity index (χ1v) is 6.42. The van der Waals surface area contributed by atoms with Crippen molar-refractivity contribution in [3.05, 3.63) is 41.3 Å². The van der Waals surface area contributed by atoms with Crippen LogP contribution >= 0.6 is 0 Å². The minimum Gasteiger partial charge on any atom is -0.362 e. The van der Waals surface area contributed by atoms with E-state index in [2.05, 4.69) is 27.7 Å². The third-order valence-corrected chi connectivity index (χ3v) is 3.46. The second kappa shape index (κ2) is 4.73. The molecule has 2 aromatic rings. The highest BCUT2D eigenvalue weighted by atomic mass is 15.3. The fraction of sp³-hybridized carbons (Fsp3) is 0.357. The molecule has 0 bridgehead atoms. The fourth-order valence-electron chi connectivity index (χ4n) is 2.59. The number of hydrogen-bond donors (Lipinski definition) is 1. The maximum absolute atomic E-state index is 9.10. The van der Waals surface area contributed by atoms with Crippen LogP contribution in [0.15, 0.2) is 24.5 Å². The smallest absolute Gasteiger partial charge is 0.144 e. The van der Waals surface area contributed by atoms with Crippen molar-refractivity contribution in [2.45, 2.75) is 25.3 Å². The van der Waals surface area contributed by atoms with Crippen LogP contribution in [0.1, 0.15) is 35.7 Å². The van der Waals surface area contributed by atoms with E-state index in [1.54, 1.807) is 18.3 Å². The van der Waals surface area contributed by atoms with Gasteiger partial charge in [0, 0.05) is 25.0 Å². The quantitative estimate of drug-likeness (QED) is 0.890. The molecule has 1 aliphatic rings. The molecular weight excluding hydrogens is 238 g/mol. The van der Waals surface area contributed by atoms with Crippen LogP contribution in [0, 0.1) is 11.3 Å². The zero-order valence-corrected chi connectivity index (χ0v) is 10.8. The molecule has 19 heavy (non-hydrogen) atoms. The summed E-state index contributed by atoms with van der Waals surface area (Å²) in [5.41, 5.74) is 2.96. The molecule has 0 aliphatic heterocycles. The topological polar surface area (TPSA) is 66.5 Å². The van der Waals surface area contributed by atoms with Crippen molar-refractivity contribution < 1.29 is 0 Å². The summed E-state index contributed by atoms with van der Waals surface area (Å²) in [6, 6.07) is 5.92. The Morgan fingerprint density at radius 3 is 3.26 bits per heavy atom. The Labute approximate surface area is 111 Å². The molecule has 3 rings (SSSR count). The van der Waals surface area contributed by atoms with E-state index in [4.69, 9.17) is 5.26 Å². The molecule has 1 unspecified atom stereocenters. The standard InChI is InChI=1S/C14H15N5/c1-19-9-11-12(5-2-6-13(11)18-19)17-14-10(8-15)4-3-7-16-14/h3-4,7,9,12H,2,5-6H2,1H3,(H,16,17). The first kappa shape index (κ1) is 11.7. The molecule has 0 radical (unpaired) electrons. The maximum Gasteiger partial charge on any atom is 0.144 e. The SMILES string of the molecule is Cn1cc2c(n1)CCCC2Nc1ncccc1C#N. The van der Waals surface area contributed by atoms with Crippen LogP contribution in [0.25, 0.3) is 0 Å². The van der Waals surface area contributed by atoms with Crippen LogP contribution in [0.4, 0.5) is 5.82 Å². The number of hydrogen-bond acceptors (Lipinski definition) is 4. The Morgan fingerprint density at radius 2 is 2.42 bits per heavy atom. The molecule has 0 saturated heterocycles. The molecule has 1 N–H and O–H groups in total. The number of anilines is 1. The van der Waals surface area contributed by atoms with E-state index in [0.29, 0.717) is 11.4 Å². The van der Waals surface area contributed by atoms with Gasteiger partial charge in [-0.05, 0) is 31.4 Å². The van der Waals surface area contributed by atoms with Gasteiger partial charge in [-0.15, -0.1) is 0 Å². The molecule has 0 saturated carbocycles. The monoisotopic (exact) mass is 253 g/mol. The molecule has 0 aromatic carbocycles. The van der Waals surface area contributed by atoms with Gasteiger partial charge in [0.15, 0.2) is 0 Å². The zero-order valence-electron chi connectivity index (χ0n) is 10.8. The minimum absolute atomic E-state index is 0.194. The van der Waals surface area contributed by atoms with Crippen LogP contribution in [-0.4, -0.2) is 14.8 Å². The predicted octanol–water partition coefficient (Wildman–Crippen LogP) is 2.18. The van der Waals surface area contributed by atoms with Gasteiger partial charge in [0.25, 0.3) is 0 Å². The van der Waals surface area contributed by atoms with Gasteiger partial charge in [-0.3, -0.25) is 4.68 Å². The number of nitrogens with one attached hydrogen (secondary N) is 1. The zero-order chi connectivity index (χ0) is 13.2. The average Bonchev–Trinajstić information content (AvgIpc) is 2.81. The third-order valence-electron chi connectivity index (χ3n) is 3.46. The second-order valence-electron chi connectivity index (χ2n) is 4.81. The van der Waals surface area contributed by atoms with Crippen molar-refractivity contribution in [3.8, 4) is 6.07 Å². The highest BCUT2D eigenvalue weighted by molar-refractivity contribution is 5.52. The molecule has 2 heterocycles. The first-order valence-electron chi connectivity index (χ1n) is 6.42. The van der Waals surface area contributed by atoms with E-state index < -0.39 is 0 Å². The average molecular weight is 253 g/mol. The lowest BCUT2D eigenvalue weighted by atomic mass is 9.93. The number of rotatable bonds is 2. The van der Waals surface area contributed by atoms with E-state index >= 15 is 0 Å². The summed E-state index contributed by atoms with van der Waals surface area (Å²) < 4.78 is 1.86. The molecule has 1 atom stereocenters. The van der Waals surface area contributed by atoms with Gasteiger partial charge < -0.3 is 5.32 Å². The summed E-state index contributed by atoms with van der Waals surface area (Å²) in [7, 11) is 1.94. The van der Waals surface area contributed by atoms with Gasteiger partial charge >= 0.3 is 0 Å². The number of nitrogens with zero attached hydrogens (tertiary/aromatic N) is 4. The maximum atomic E-state index is 9.10. The second-order valence-corrected chi connectivity index (χ2v) is 4.81. The third kappa shape index (κ3) is 2.17. The van der Waals surface area contributed by atoms with Crippen molar-refractivity contribution >= 4 is 5.82 Å². The molecule has 0 fully saturated rings. The van der Waals surface area contributed by atoms with Crippen molar-refractivity contribution in [1.29, 1.82) is 5.26 Å². The molecule has 96 valence electrons. The van der Waals surface area contributed by atoms with E-state index in [0.717, 1.165) is 25.0 Å². The van der Waals surface area contributed by atoms with Crippen LogP contribution < -0.4 is 5.32 Å². The lowest BCUT2D eigenvalue weighted by Gasteiger charge is -2.23. The van der Waals surface area contributed by atoms with Crippen LogP contribution in [-0.2, 0) is 13.5 Å². The number of aromatic nitrogens is 3. The number of nitriles is 1. The van der Waals surface area contributed by atoms with Crippen LogP contribution in [0.3, 0.4) is 0 Å². The van der Waals surface area contributed by atoms with Crippen molar-refractivity contribution in [1.82, 2.24) is 14.8 Å². The molecule has 5 heteroatoms. The van der Waals surface area contributed by atoms with E-state index in [9.17, 15) is 0 Å². The number of aryl methyl sites for hydroxylation is 2. The van der Waals surface area contributed by atoms with Gasteiger partial charge in [-0.2, -0.15) is 10.4 Å². The largest absolute Gasteiger partial charge is 0.362 e. The highest BCUT2D eigenvalue weighted by Gasteiger charge is 2.23. The summed E-state index contributed by atoms with van der Waals surface area (Å²) in [4.78, 5) is 4.26. The Bertz CT molecular complexity index is 638. The van der Waals surface area contributed by atoms with Crippen molar-refractivity contribution in [2.75, 3.05) is 5.32 Å². The molecule has 5 nitrogen and oxygen atoms in total. The summed E-state index contributed by atoms with van der Waals surface area (Å²) in [5.74, 6) is 0.659. The predicted molar refractivity (Wildman–Crippen MR) is 71.5 cm³/mol. The van der Waals surface area contributed by atoms with E-state index in [-0.39, 0.29) is 6.04 Å². The van der Waals surface area contributed by atoms with Gasteiger partial charge in [-0.25, -0.2) is 4.98 Å². The van der Waals surface area contributed by atoms with Crippen LogP contribution in [0.2, 0.25) is 0 Å². The fourth-order valence-corrected chi connectivity index (χ4v) is 2.59. The van der Waals surface area contributed by atoms with Gasteiger partial charge in [0.1, 0.15) is 11.9 Å². The van der Waals surface area contributed by atoms with Crippen LogP contribution in [0.5, 0.6) is 0 Å². The normalized spacial score (nSPS) is 17.6. The van der Waals surface area contributed by atoms with Gasteiger partial charge in [0.2, 0.25) is 0 Å². The Morgan fingerprint density at radius 1 is 1.53 bits per heavy atom. The summed E-state index contributed by atoms with van der Waals surface area (Å²) in [6.07, 6.45) is 6.94. The summed E-state index contributed by atoms with van der Waals surface area (Å²) in [6.45, 7) is 0. The first-order chi connectivity index (χ1) is 9.28. The molecule has 0 amide bonds. The molecule has 1 aliphatic carbocycles.